The second kappa shape index (κ2) is 10.6. The first-order valence-corrected chi connectivity index (χ1v) is 11.8. The van der Waals surface area contributed by atoms with E-state index in [9.17, 15) is 9.18 Å². The topological polar surface area (TPSA) is 79.8 Å². The van der Waals surface area contributed by atoms with Crippen molar-refractivity contribution in [2.45, 2.75) is 25.8 Å². The number of methoxy groups -OCH3 is 2. The molecule has 2 saturated heterocycles. The second-order valence-electron chi connectivity index (χ2n) is 8.56. The van der Waals surface area contributed by atoms with Crippen molar-refractivity contribution in [3.8, 4) is 11.5 Å². The standard InChI is InChI=1S/C17H15ClFN3O2.C8H14N2O/c1-9-11(18)4-5-12(16(9)19)22-17-10-6-14(23-2)15(24-3)7-13(10)20-8-21-17;1-9-5-6-10-4-2-3-7(10)8(9)11/h4-8H,1-3H3,(H,20,21,22);7H,2-6H2,1H3. The number of hydrogen-bond acceptors (Lipinski definition) is 7. The Kier molecular flexibility index (Phi) is 7.57. The predicted molar refractivity (Wildman–Crippen MR) is 134 cm³/mol. The van der Waals surface area contributed by atoms with Gasteiger partial charge in [0.15, 0.2) is 17.3 Å². The molecule has 3 aromatic rings. The van der Waals surface area contributed by atoms with Crippen LogP contribution in [0, 0.1) is 12.7 Å². The van der Waals surface area contributed by atoms with Crippen LogP contribution in [0.15, 0.2) is 30.6 Å². The first kappa shape index (κ1) is 24.9. The van der Waals surface area contributed by atoms with Gasteiger partial charge in [-0.25, -0.2) is 14.4 Å². The van der Waals surface area contributed by atoms with Crippen molar-refractivity contribution < 1.29 is 18.7 Å². The number of halogens is 2. The highest BCUT2D eigenvalue weighted by molar-refractivity contribution is 6.31. The molecule has 2 aliphatic heterocycles. The molecule has 2 aromatic carbocycles. The molecule has 1 N–H and O–H groups in total. The van der Waals surface area contributed by atoms with Gasteiger partial charge in [0.05, 0.1) is 31.5 Å². The maximum Gasteiger partial charge on any atom is 0.239 e. The monoisotopic (exact) mass is 501 g/mol. The maximum atomic E-state index is 14.4. The van der Waals surface area contributed by atoms with Crippen LogP contribution in [0.3, 0.4) is 0 Å². The normalized spacial score (nSPS) is 17.6. The fraction of sp³-hybridized carbons (Fsp3) is 0.400. The van der Waals surface area contributed by atoms with Crippen LogP contribution in [0.1, 0.15) is 18.4 Å². The summed E-state index contributed by atoms with van der Waals surface area (Å²) in [5.74, 6) is 1.46. The number of ether oxygens (including phenoxy) is 2. The molecule has 5 rings (SSSR count). The first-order chi connectivity index (χ1) is 16.8. The van der Waals surface area contributed by atoms with Gasteiger partial charge in [-0.05, 0) is 44.5 Å². The van der Waals surface area contributed by atoms with Crippen molar-refractivity contribution in [1.82, 2.24) is 19.8 Å². The summed E-state index contributed by atoms with van der Waals surface area (Å²) in [4.78, 5) is 24.1. The number of likely N-dealkylation sites (N-methyl/N-ethyl adjacent to an activating group) is 1. The number of amides is 1. The van der Waals surface area contributed by atoms with E-state index >= 15 is 0 Å². The van der Waals surface area contributed by atoms with Crippen molar-refractivity contribution in [3.05, 3.63) is 47.0 Å². The van der Waals surface area contributed by atoms with Crippen LogP contribution < -0.4 is 14.8 Å². The van der Waals surface area contributed by atoms with Crippen LogP contribution in [-0.2, 0) is 4.79 Å². The summed E-state index contributed by atoms with van der Waals surface area (Å²) in [7, 11) is 5.00. The Morgan fingerprint density at radius 3 is 2.60 bits per heavy atom. The predicted octanol–water partition coefficient (Wildman–Crippen LogP) is 4.41. The minimum Gasteiger partial charge on any atom is -0.493 e. The zero-order chi connectivity index (χ0) is 25.1. The highest BCUT2D eigenvalue weighted by Crippen LogP contribution is 2.35. The Labute approximate surface area is 209 Å². The number of anilines is 2. The Hall–Kier alpha value is -3.17. The lowest BCUT2D eigenvalue weighted by Crippen LogP contribution is -2.52. The molecular weight excluding hydrogens is 473 g/mol. The number of fused-ring (bicyclic) bond motifs is 2. The largest absolute Gasteiger partial charge is 0.493 e. The lowest BCUT2D eigenvalue weighted by atomic mass is 10.1. The molecule has 8 nitrogen and oxygen atoms in total. The highest BCUT2D eigenvalue weighted by atomic mass is 35.5. The van der Waals surface area contributed by atoms with Gasteiger partial charge in [-0.1, -0.05) is 11.6 Å². The van der Waals surface area contributed by atoms with Crippen LogP contribution in [0.25, 0.3) is 10.9 Å². The summed E-state index contributed by atoms with van der Waals surface area (Å²) in [5, 5.41) is 4.05. The number of aromatic nitrogens is 2. The minimum atomic E-state index is -0.422. The smallest absolute Gasteiger partial charge is 0.239 e. The average Bonchev–Trinajstić information content (AvgIpc) is 3.36. The summed E-state index contributed by atoms with van der Waals surface area (Å²) in [6.07, 6.45) is 3.67. The number of benzene rings is 2. The molecule has 0 aliphatic carbocycles. The lowest BCUT2D eigenvalue weighted by molar-refractivity contribution is -0.138. The molecule has 0 bridgehead atoms. The van der Waals surface area contributed by atoms with E-state index in [1.165, 1.54) is 12.7 Å². The SMILES string of the molecule is CN1CCN2CCCC2C1=O.COc1cc2ncnc(Nc3ccc(Cl)c(C)c3F)c2cc1OC. The molecule has 10 heteroatoms. The second-order valence-corrected chi connectivity index (χ2v) is 8.97. The lowest BCUT2D eigenvalue weighted by Gasteiger charge is -2.34. The zero-order valence-corrected chi connectivity index (χ0v) is 21.0. The Morgan fingerprint density at radius 1 is 1.11 bits per heavy atom. The van der Waals surface area contributed by atoms with Crippen LogP contribution in [0.4, 0.5) is 15.9 Å². The average molecular weight is 502 g/mol. The fourth-order valence-corrected chi connectivity index (χ4v) is 4.53. The number of piperazine rings is 1. The maximum absolute atomic E-state index is 14.4. The van der Waals surface area contributed by atoms with E-state index in [-0.39, 0.29) is 11.7 Å². The molecule has 1 atom stereocenters. The third-order valence-corrected chi connectivity index (χ3v) is 6.87. The number of nitrogens with zero attached hydrogens (tertiary/aromatic N) is 4. The number of hydrogen-bond donors (Lipinski definition) is 1. The third-order valence-electron chi connectivity index (χ3n) is 6.46. The van der Waals surface area contributed by atoms with E-state index in [1.54, 1.807) is 45.4 Å². The molecule has 3 heterocycles. The summed E-state index contributed by atoms with van der Waals surface area (Å²) >= 11 is 5.93. The van der Waals surface area contributed by atoms with E-state index in [0.717, 1.165) is 26.1 Å². The van der Waals surface area contributed by atoms with Crippen molar-refractivity contribution in [2.75, 3.05) is 46.2 Å². The van der Waals surface area contributed by atoms with Gasteiger partial charge in [0, 0.05) is 42.2 Å². The van der Waals surface area contributed by atoms with Crippen LogP contribution in [-0.4, -0.2) is 72.6 Å². The molecule has 1 amide bonds. The minimum absolute atomic E-state index is 0.230. The van der Waals surface area contributed by atoms with Crippen molar-refractivity contribution in [1.29, 1.82) is 0 Å². The van der Waals surface area contributed by atoms with Gasteiger partial charge in [-0.2, -0.15) is 0 Å². The fourth-order valence-electron chi connectivity index (χ4n) is 4.38. The molecule has 2 aliphatic rings. The van der Waals surface area contributed by atoms with Crippen molar-refractivity contribution in [2.24, 2.45) is 0 Å². The molecule has 0 spiro atoms. The van der Waals surface area contributed by atoms with Gasteiger partial charge in [-0.3, -0.25) is 9.69 Å². The van der Waals surface area contributed by atoms with Gasteiger partial charge >= 0.3 is 0 Å². The van der Waals surface area contributed by atoms with Crippen LogP contribution >= 0.6 is 11.6 Å². The Bertz CT molecular complexity index is 1240. The third kappa shape index (κ3) is 5.11. The molecular formula is C25H29ClFN5O3. The number of rotatable bonds is 4. The van der Waals surface area contributed by atoms with Crippen LogP contribution in [0.5, 0.6) is 11.5 Å². The quantitative estimate of drug-likeness (QED) is 0.567. The molecule has 1 aromatic heterocycles. The number of carbonyl (C=O) groups is 1. The highest BCUT2D eigenvalue weighted by Gasteiger charge is 2.35. The Morgan fingerprint density at radius 2 is 1.86 bits per heavy atom. The van der Waals surface area contributed by atoms with Gasteiger partial charge in [-0.15, -0.1) is 0 Å². The Balaban J connectivity index is 0.000000218. The molecule has 0 saturated carbocycles. The summed E-state index contributed by atoms with van der Waals surface area (Å²) in [5.41, 5.74) is 1.31. The van der Waals surface area contributed by atoms with E-state index in [0.29, 0.717) is 44.7 Å². The van der Waals surface area contributed by atoms with E-state index in [4.69, 9.17) is 21.1 Å². The zero-order valence-electron chi connectivity index (χ0n) is 20.3. The molecule has 2 fully saturated rings. The van der Waals surface area contributed by atoms with Gasteiger partial charge in [0.2, 0.25) is 5.91 Å². The van der Waals surface area contributed by atoms with Crippen molar-refractivity contribution >= 4 is 39.9 Å². The molecule has 186 valence electrons. The van der Waals surface area contributed by atoms with Gasteiger partial charge in [0.25, 0.3) is 0 Å². The van der Waals surface area contributed by atoms with Gasteiger partial charge in [0.1, 0.15) is 12.1 Å². The summed E-state index contributed by atoms with van der Waals surface area (Å²) in [6.45, 7) is 4.74. The number of nitrogens with one attached hydrogen (secondary N) is 1. The van der Waals surface area contributed by atoms with E-state index in [1.807, 2.05) is 11.9 Å². The summed E-state index contributed by atoms with van der Waals surface area (Å²) in [6, 6.07) is 6.92. The van der Waals surface area contributed by atoms with Crippen LogP contribution in [0.2, 0.25) is 5.02 Å². The van der Waals surface area contributed by atoms with Crippen molar-refractivity contribution in [3.63, 3.8) is 0 Å². The number of carbonyl (C=O) groups excluding carboxylic acids is 1. The summed E-state index contributed by atoms with van der Waals surface area (Å²) < 4.78 is 25.0. The molecule has 1 unspecified atom stereocenters. The first-order valence-electron chi connectivity index (χ1n) is 11.4. The van der Waals surface area contributed by atoms with E-state index < -0.39 is 5.82 Å². The van der Waals surface area contributed by atoms with E-state index in [2.05, 4.69) is 20.2 Å². The molecule has 35 heavy (non-hydrogen) atoms. The van der Waals surface area contributed by atoms with Gasteiger partial charge < -0.3 is 19.7 Å². The molecule has 0 radical (unpaired) electrons.